The van der Waals surface area contributed by atoms with Crippen molar-refractivity contribution in [3.8, 4) is 0 Å². The number of hydrogen-bond donors (Lipinski definition) is 1. The third-order valence-electron chi connectivity index (χ3n) is 4.38. The third-order valence-corrected chi connectivity index (χ3v) is 4.38. The van der Waals surface area contributed by atoms with E-state index in [1.54, 1.807) is 6.07 Å². The molecular weight excluding hydrogens is 300 g/mol. The molecule has 1 aliphatic rings. The van der Waals surface area contributed by atoms with Gasteiger partial charge in [-0.1, -0.05) is 12.1 Å². The van der Waals surface area contributed by atoms with E-state index in [1.165, 1.54) is 19.3 Å². The molecule has 0 spiro atoms. The van der Waals surface area contributed by atoms with Gasteiger partial charge in [0.15, 0.2) is 0 Å². The van der Waals surface area contributed by atoms with Crippen LogP contribution in [0.3, 0.4) is 0 Å². The number of aryl methyl sites for hydroxylation is 3. The Hall–Kier alpha value is -2.43. The van der Waals surface area contributed by atoms with E-state index in [2.05, 4.69) is 20.2 Å². The Kier molecular flexibility index (Phi) is 4.79. The van der Waals surface area contributed by atoms with Crippen LogP contribution >= 0.6 is 0 Å². The molecule has 126 valence electrons. The lowest BCUT2D eigenvalue weighted by Gasteiger charge is -2.28. The number of carbonyl (C=O) groups is 1. The van der Waals surface area contributed by atoms with E-state index in [9.17, 15) is 4.79 Å². The number of hydrogen-bond acceptors (Lipinski definition) is 4. The minimum atomic E-state index is -0.188. The number of amides is 1. The molecule has 0 unspecified atom stereocenters. The molecule has 5 heteroatoms. The Morgan fingerprint density at radius 1 is 1.04 bits per heavy atom. The molecule has 2 aromatic rings. The van der Waals surface area contributed by atoms with Crippen LogP contribution in [0.2, 0.25) is 0 Å². The maximum absolute atomic E-state index is 12.6. The standard InChI is InChI=1S/C19H24N4O/c1-13-7-8-14(2)16(11-13)22-19(24)17-12-18(21-15(3)20-17)23-9-5-4-6-10-23/h7-8,11-12H,4-6,9-10H2,1-3H3,(H,22,24). The number of nitrogens with zero attached hydrogens (tertiary/aromatic N) is 3. The number of piperidine rings is 1. The Labute approximate surface area is 143 Å². The lowest BCUT2D eigenvalue weighted by atomic mass is 10.1. The summed E-state index contributed by atoms with van der Waals surface area (Å²) in [6.45, 7) is 7.82. The summed E-state index contributed by atoms with van der Waals surface area (Å²) in [4.78, 5) is 23.7. The molecule has 1 amide bonds. The van der Waals surface area contributed by atoms with E-state index in [0.29, 0.717) is 11.5 Å². The van der Waals surface area contributed by atoms with Crippen LogP contribution in [0.4, 0.5) is 11.5 Å². The van der Waals surface area contributed by atoms with Crippen molar-refractivity contribution in [2.45, 2.75) is 40.0 Å². The highest BCUT2D eigenvalue weighted by atomic mass is 16.1. The maximum atomic E-state index is 12.6. The van der Waals surface area contributed by atoms with E-state index in [-0.39, 0.29) is 5.91 Å². The van der Waals surface area contributed by atoms with Crippen molar-refractivity contribution in [1.29, 1.82) is 0 Å². The zero-order chi connectivity index (χ0) is 17.1. The largest absolute Gasteiger partial charge is 0.356 e. The SMILES string of the molecule is Cc1ccc(C)c(NC(=O)c2cc(N3CCCCC3)nc(C)n2)c1. The van der Waals surface area contributed by atoms with Gasteiger partial charge in [-0.25, -0.2) is 9.97 Å². The lowest BCUT2D eigenvalue weighted by Crippen LogP contribution is -2.31. The minimum Gasteiger partial charge on any atom is -0.356 e. The Morgan fingerprint density at radius 3 is 2.54 bits per heavy atom. The van der Waals surface area contributed by atoms with E-state index in [0.717, 1.165) is 35.7 Å². The molecule has 0 atom stereocenters. The van der Waals surface area contributed by atoms with Gasteiger partial charge in [-0.05, 0) is 57.2 Å². The van der Waals surface area contributed by atoms with Gasteiger partial charge >= 0.3 is 0 Å². The monoisotopic (exact) mass is 324 g/mol. The van der Waals surface area contributed by atoms with Gasteiger partial charge in [-0.2, -0.15) is 0 Å². The Balaban J connectivity index is 1.84. The first kappa shape index (κ1) is 16.4. The van der Waals surface area contributed by atoms with Crippen molar-refractivity contribution in [2.75, 3.05) is 23.3 Å². The van der Waals surface area contributed by atoms with Crippen LogP contribution in [-0.2, 0) is 0 Å². The Morgan fingerprint density at radius 2 is 1.79 bits per heavy atom. The Bertz CT molecular complexity index is 751. The number of benzene rings is 1. The van der Waals surface area contributed by atoms with E-state index < -0.39 is 0 Å². The van der Waals surface area contributed by atoms with Crippen LogP contribution in [0.5, 0.6) is 0 Å². The summed E-state index contributed by atoms with van der Waals surface area (Å²) in [7, 11) is 0. The first-order valence-electron chi connectivity index (χ1n) is 8.52. The average molecular weight is 324 g/mol. The molecule has 3 rings (SSSR count). The predicted molar refractivity (Wildman–Crippen MR) is 96.7 cm³/mol. The zero-order valence-corrected chi connectivity index (χ0v) is 14.6. The maximum Gasteiger partial charge on any atom is 0.274 e. The second kappa shape index (κ2) is 6.99. The summed E-state index contributed by atoms with van der Waals surface area (Å²) >= 11 is 0. The molecule has 1 fully saturated rings. The number of aromatic nitrogens is 2. The third kappa shape index (κ3) is 3.72. The number of rotatable bonds is 3. The molecule has 0 bridgehead atoms. The van der Waals surface area contributed by atoms with Crippen LogP contribution in [0.25, 0.3) is 0 Å². The first-order chi connectivity index (χ1) is 11.5. The highest BCUT2D eigenvalue weighted by Gasteiger charge is 2.17. The van der Waals surface area contributed by atoms with Crippen LogP contribution < -0.4 is 10.2 Å². The summed E-state index contributed by atoms with van der Waals surface area (Å²) in [5.41, 5.74) is 3.40. The molecule has 0 saturated carbocycles. The fourth-order valence-electron chi connectivity index (χ4n) is 3.01. The zero-order valence-electron chi connectivity index (χ0n) is 14.6. The normalized spacial score (nSPS) is 14.5. The molecule has 1 aromatic carbocycles. The topological polar surface area (TPSA) is 58.1 Å². The van der Waals surface area contributed by atoms with Crippen LogP contribution in [-0.4, -0.2) is 29.0 Å². The van der Waals surface area contributed by atoms with Crippen molar-refractivity contribution in [3.05, 3.63) is 46.9 Å². The van der Waals surface area contributed by atoms with Gasteiger partial charge in [0, 0.05) is 24.8 Å². The van der Waals surface area contributed by atoms with Gasteiger partial charge in [0.05, 0.1) is 0 Å². The van der Waals surface area contributed by atoms with Gasteiger partial charge in [-0.15, -0.1) is 0 Å². The van der Waals surface area contributed by atoms with Gasteiger partial charge in [-0.3, -0.25) is 4.79 Å². The molecule has 1 saturated heterocycles. The quantitative estimate of drug-likeness (QED) is 0.936. The molecule has 1 aromatic heterocycles. The average Bonchev–Trinajstić information content (AvgIpc) is 2.58. The van der Waals surface area contributed by atoms with E-state index in [4.69, 9.17) is 0 Å². The lowest BCUT2D eigenvalue weighted by molar-refractivity contribution is 0.102. The van der Waals surface area contributed by atoms with Gasteiger partial charge in [0.1, 0.15) is 17.3 Å². The summed E-state index contributed by atoms with van der Waals surface area (Å²) in [6, 6.07) is 7.83. The minimum absolute atomic E-state index is 0.188. The second-order valence-corrected chi connectivity index (χ2v) is 6.48. The molecule has 1 N–H and O–H groups in total. The van der Waals surface area contributed by atoms with Gasteiger partial charge in [0.25, 0.3) is 5.91 Å². The smallest absolute Gasteiger partial charge is 0.274 e. The van der Waals surface area contributed by atoms with Crippen molar-refractivity contribution in [2.24, 2.45) is 0 Å². The van der Waals surface area contributed by atoms with Crippen LogP contribution in [0.15, 0.2) is 24.3 Å². The summed E-state index contributed by atoms with van der Waals surface area (Å²) in [6.07, 6.45) is 3.61. The van der Waals surface area contributed by atoms with Gasteiger partial charge in [0.2, 0.25) is 0 Å². The van der Waals surface area contributed by atoms with Crippen molar-refractivity contribution >= 4 is 17.4 Å². The second-order valence-electron chi connectivity index (χ2n) is 6.48. The molecule has 0 aliphatic carbocycles. The highest BCUT2D eigenvalue weighted by Crippen LogP contribution is 2.20. The number of carbonyl (C=O) groups excluding carboxylic acids is 1. The summed E-state index contributed by atoms with van der Waals surface area (Å²) in [5, 5.41) is 2.98. The molecule has 2 heterocycles. The van der Waals surface area contributed by atoms with Crippen LogP contribution in [0, 0.1) is 20.8 Å². The van der Waals surface area contributed by atoms with E-state index >= 15 is 0 Å². The predicted octanol–water partition coefficient (Wildman–Crippen LogP) is 3.64. The molecular formula is C19H24N4O. The van der Waals surface area contributed by atoms with Crippen molar-refractivity contribution in [3.63, 3.8) is 0 Å². The fourth-order valence-corrected chi connectivity index (χ4v) is 3.01. The molecule has 5 nitrogen and oxygen atoms in total. The fraction of sp³-hybridized carbons (Fsp3) is 0.421. The highest BCUT2D eigenvalue weighted by molar-refractivity contribution is 6.03. The first-order valence-corrected chi connectivity index (χ1v) is 8.52. The van der Waals surface area contributed by atoms with Crippen molar-refractivity contribution < 1.29 is 4.79 Å². The molecule has 1 aliphatic heterocycles. The summed E-state index contributed by atoms with van der Waals surface area (Å²) in [5.74, 6) is 1.30. The van der Waals surface area contributed by atoms with Gasteiger partial charge < -0.3 is 10.2 Å². The van der Waals surface area contributed by atoms with Crippen molar-refractivity contribution in [1.82, 2.24) is 9.97 Å². The number of anilines is 2. The molecule has 0 radical (unpaired) electrons. The number of nitrogens with one attached hydrogen (secondary N) is 1. The molecule has 24 heavy (non-hydrogen) atoms. The van der Waals surface area contributed by atoms with Crippen LogP contribution in [0.1, 0.15) is 46.7 Å². The van der Waals surface area contributed by atoms with E-state index in [1.807, 2.05) is 39.0 Å². The summed E-state index contributed by atoms with van der Waals surface area (Å²) < 4.78 is 0.